The number of para-hydroxylation sites is 2. The third-order valence-electron chi connectivity index (χ3n) is 5.05. The summed E-state index contributed by atoms with van der Waals surface area (Å²) in [5.74, 6) is 1.58. The predicted octanol–water partition coefficient (Wildman–Crippen LogP) is 4.76. The number of aryl methyl sites for hydroxylation is 2. The van der Waals surface area contributed by atoms with Crippen molar-refractivity contribution in [2.24, 2.45) is 0 Å². The van der Waals surface area contributed by atoms with Gasteiger partial charge < -0.3 is 15.2 Å². The minimum absolute atomic E-state index is 0.475. The molecule has 0 atom stereocenters. The van der Waals surface area contributed by atoms with Crippen molar-refractivity contribution in [3.05, 3.63) is 59.4 Å². The molecule has 0 saturated carbocycles. The van der Waals surface area contributed by atoms with Crippen LogP contribution in [-0.4, -0.2) is 33.1 Å². The smallest absolute Gasteiger partial charge is 0.173 e. The predicted molar refractivity (Wildman–Crippen MR) is 112 cm³/mol. The summed E-state index contributed by atoms with van der Waals surface area (Å²) in [5.41, 5.74) is 5.75. The molecule has 1 aromatic heterocycles. The number of H-pyrrole nitrogens is 1. The second-order valence-electron chi connectivity index (χ2n) is 7.21. The fourth-order valence-corrected chi connectivity index (χ4v) is 4.07. The van der Waals surface area contributed by atoms with Gasteiger partial charge >= 0.3 is 0 Å². The number of hydrogen-bond acceptors (Lipinski definition) is 2. The molecular formula is C21H24N4S. The highest BCUT2D eigenvalue weighted by molar-refractivity contribution is 7.80. The number of thiocarbonyl (C=S) groups is 1. The van der Waals surface area contributed by atoms with E-state index in [2.05, 4.69) is 59.4 Å². The van der Waals surface area contributed by atoms with Crippen LogP contribution in [0.5, 0.6) is 0 Å². The number of rotatable bonds is 2. The van der Waals surface area contributed by atoms with Crippen LogP contribution in [0.3, 0.4) is 0 Å². The summed E-state index contributed by atoms with van der Waals surface area (Å²) in [6.07, 6.45) is 2.13. The number of aromatic nitrogens is 2. The highest BCUT2D eigenvalue weighted by Gasteiger charge is 2.24. The molecule has 1 saturated heterocycles. The number of piperidine rings is 1. The van der Waals surface area contributed by atoms with Crippen molar-refractivity contribution < 1.29 is 0 Å². The molecule has 2 heterocycles. The minimum Gasteiger partial charge on any atom is -0.349 e. The van der Waals surface area contributed by atoms with Crippen molar-refractivity contribution >= 4 is 34.1 Å². The summed E-state index contributed by atoms with van der Waals surface area (Å²) in [5, 5.41) is 4.22. The highest BCUT2D eigenvalue weighted by Crippen LogP contribution is 2.28. The number of benzene rings is 2. The Balaban J connectivity index is 1.39. The van der Waals surface area contributed by atoms with Gasteiger partial charge in [-0.15, -0.1) is 0 Å². The summed E-state index contributed by atoms with van der Waals surface area (Å²) < 4.78 is 0. The van der Waals surface area contributed by atoms with Crippen LogP contribution in [0.4, 0.5) is 5.69 Å². The molecule has 1 fully saturated rings. The van der Waals surface area contributed by atoms with Gasteiger partial charge in [-0.3, -0.25) is 0 Å². The lowest BCUT2D eigenvalue weighted by Crippen LogP contribution is -2.40. The second-order valence-corrected chi connectivity index (χ2v) is 7.59. The van der Waals surface area contributed by atoms with Crippen molar-refractivity contribution in [2.75, 3.05) is 18.4 Å². The number of aromatic amines is 1. The van der Waals surface area contributed by atoms with Gasteiger partial charge in [0.15, 0.2) is 5.11 Å². The Bertz CT molecular complexity index is 885. The zero-order chi connectivity index (χ0) is 18.1. The summed E-state index contributed by atoms with van der Waals surface area (Å²) >= 11 is 5.64. The van der Waals surface area contributed by atoms with Gasteiger partial charge in [-0.25, -0.2) is 4.98 Å². The highest BCUT2D eigenvalue weighted by atomic mass is 32.1. The van der Waals surface area contributed by atoms with E-state index < -0.39 is 0 Å². The number of nitrogens with zero attached hydrogens (tertiary/aromatic N) is 2. The molecular weight excluding hydrogens is 340 g/mol. The number of anilines is 1. The van der Waals surface area contributed by atoms with Gasteiger partial charge in [-0.1, -0.05) is 18.2 Å². The fraction of sp³-hybridized carbons (Fsp3) is 0.333. The normalized spacial score (nSPS) is 15.4. The van der Waals surface area contributed by atoms with Crippen LogP contribution in [0.25, 0.3) is 11.0 Å². The first-order valence-corrected chi connectivity index (χ1v) is 9.58. The number of likely N-dealkylation sites (tertiary alicyclic amines) is 1. The van der Waals surface area contributed by atoms with E-state index in [4.69, 9.17) is 17.2 Å². The molecule has 0 radical (unpaired) electrons. The number of nitrogens with one attached hydrogen (secondary N) is 2. The average Bonchev–Trinajstić information content (AvgIpc) is 3.05. The van der Waals surface area contributed by atoms with E-state index in [9.17, 15) is 0 Å². The van der Waals surface area contributed by atoms with Crippen LogP contribution >= 0.6 is 12.2 Å². The second kappa shape index (κ2) is 7.08. The van der Waals surface area contributed by atoms with Crippen molar-refractivity contribution in [3.63, 3.8) is 0 Å². The molecule has 4 nitrogen and oxygen atoms in total. The molecule has 4 rings (SSSR count). The molecule has 0 bridgehead atoms. The first-order chi connectivity index (χ1) is 12.6. The Hall–Kier alpha value is -2.40. The number of imidazole rings is 1. The van der Waals surface area contributed by atoms with Crippen LogP contribution in [-0.2, 0) is 0 Å². The summed E-state index contributed by atoms with van der Waals surface area (Å²) in [6, 6.07) is 14.7. The first-order valence-electron chi connectivity index (χ1n) is 9.17. The van der Waals surface area contributed by atoms with Gasteiger partial charge in [0, 0.05) is 24.7 Å². The van der Waals surface area contributed by atoms with Gasteiger partial charge in [-0.2, -0.15) is 0 Å². The van der Waals surface area contributed by atoms with Crippen molar-refractivity contribution in [1.29, 1.82) is 0 Å². The van der Waals surface area contributed by atoms with E-state index >= 15 is 0 Å². The molecule has 1 aliphatic heterocycles. The van der Waals surface area contributed by atoms with Crippen LogP contribution in [0.1, 0.15) is 35.7 Å². The third-order valence-corrected chi connectivity index (χ3v) is 5.41. The number of hydrogen-bond donors (Lipinski definition) is 2. The van der Waals surface area contributed by atoms with Crippen molar-refractivity contribution in [3.8, 4) is 0 Å². The van der Waals surface area contributed by atoms with E-state index in [0.29, 0.717) is 5.92 Å². The fourth-order valence-electron chi connectivity index (χ4n) is 3.77. The quantitative estimate of drug-likeness (QED) is 0.644. The molecule has 1 aliphatic rings. The average molecular weight is 365 g/mol. The van der Waals surface area contributed by atoms with E-state index in [0.717, 1.165) is 53.6 Å². The molecule has 0 unspecified atom stereocenters. The SMILES string of the molecule is Cc1cc(C)cc(NC(=S)N2CCC(c3nc4ccccc4[nH]3)CC2)c1. The standard InChI is InChI=1S/C21H24N4S/c1-14-11-15(2)13-17(12-14)22-21(26)25-9-7-16(8-10-25)20-23-18-5-3-4-6-19(18)24-20/h3-6,11-13,16H,7-10H2,1-2H3,(H,22,26)(H,23,24). The molecule has 0 amide bonds. The lowest BCUT2D eigenvalue weighted by molar-refractivity contribution is 0.311. The Labute approximate surface area is 159 Å². The molecule has 2 aromatic carbocycles. The molecule has 2 N–H and O–H groups in total. The van der Waals surface area contributed by atoms with Crippen molar-refractivity contribution in [1.82, 2.24) is 14.9 Å². The van der Waals surface area contributed by atoms with Gasteiger partial charge in [0.25, 0.3) is 0 Å². The van der Waals surface area contributed by atoms with E-state index in [-0.39, 0.29) is 0 Å². The van der Waals surface area contributed by atoms with Gasteiger partial charge in [0.2, 0.25) is 0 Å². The van der Waals surface area contributed by atoms with E-state index in [1.165, 1.54) is 11.1 Å². The molecule has 26 heavy (non-hydrogen) atoms. The van der Waals surface area contributed by atoms with Crippen LogP contribution in [0, 0.1) is 13.8 Å². The maximum atomic E-state index is 5.64. The third kappa shape index (κ3) is 3.58. The molecule has 5 heteroatoms. The van der Waals surface area contributed by atoms with E-state index in [1.807, 2.05) is 12.1 Å². The maximum absolute atomic E-state index is 5.64. The van der Waals surface area contributed by atoms with Crippen LogP contribution in [0.2, 0.25) is 0 Å². The zero-order valence-corrected chi connectivity index (χ0v) is 16.1. The maximum Gasteiger partial charge on any atom is 0.173 e. The summed E-state index contributed by atoms with van der Waals surface area (Å²) in [7, 11) is 0. The Morgan fingerprint density at radius 1 is 1.12 bits per heavy atom. The minimum atomic E-state index is 0.475. The van der Waals surface area contributed by atoms with Gasteiger partial charge in [0.1, 0.15) is 5.82 Å². The van der Waals surface area contributed by atoms with Gasteiger partial charge in [0.05, 0.1) is 11.0 Å². The largest absolute Gasteiger partial charge is 0.349 e. The van der Waals surface area contributed by atoms with E-state index in [1.54, 1.807) is 0 Å². The number of fused-ring (bicyclic) bond motifs is 1. The van der Waals surface area contributed by atoms with Crippen molar-refractivity contribution in [2.45, 2.75) is 32.6 Å². The molecule has 0 spiro atoms. The Morgan fingerprint density at radius 3 is 2.50 bits per heavy atom. The topological polar surface area (TPSA) is 44.0 Å². The van der Waals surface area contributed by atoms with Gasteiger partial charge in [-0.05, 0) is 74.3 Å². The van der Waals surface area contributed by atoms with Crippen LogP contribution < -0.4 is 5.32 Å². The lowest BCUT2D eigenvalue weighted by Gasteiger charge is -2.33. The lowest BCUT2D eigenvalue weighted by atomic mass is 9.96. The Morgan fingerprint density at radius 2 is 1.81 bits per heavy atom. The molecule has 134 valence electrons. The first kappa shape index (κ1) is 17.0. The van der Waals surface area contributed by atoms with Crippen LogP contribution in [0.15, 0.2) is 42.5 Å². The monoisotopic (exact) mass is 364 g/mol. The zero-order valence-electron chi connectivity index (χ0n) is 15.2. The summed E-state index contributed by atoms with van der Waals surface area (Å²) in [6.45, 7) is 6.14. The molecule has 0 aliphatic carbocycles. The Kier molecular flexibility index (Phi) is 4.64. The molecule has 3 aromatic rings. The summed E-state index contributed by atoms with van der Waals surface area (Å²) in [4.78, 5) is 10.5.